The van der Waals surface area contributed by atoms with E-state index in [0.29, 0.717) is 24.1 Å². The van der Waals surface area contributed by atoms with Gasteiger partial charge >= 0.3 is 0 Å². The van der Waals surface area contributed by atoms with Crippen LogP contribution in [0.3, 0.4) is 0 Å². The van der Waals surface area contributed by atoms with Crippen molar-refractivity contribution in [1.82, 2.24) is 9.80 Å². The monoisotopic (exact) mass is 421 g/mol. The zero-order chi connectivity index (χ0) is 22.1. The van der Waals surface area contributed by atoms with Crippen molar-refractivity contribution in [2.45, 2.75) is 31.3 Å². The van der Waals surface area contributed by atoms with E-state index in [1.165, 1.54) is 12.1 Å². The van der Waals surface area contributed by atoms with Crippen LogP contribution >= 0.6 is 0 Å². The van der Waals surface area contributed by atoms with Gasteiger partial charge in [0.25, 0.3) is 5.91 Å². The summed E-state index contributed by atoms with van der Waals surface area (Å²) in [5.74, 6) is -1.31. The van der Waals surface area contributed by atoms with Crippen molar-refractivity contribution in [2.24, 2.45) is 5.73 Å². The quantitative estimate of drug-likeness (QED) is 0.749. The smallest absolute Gasteiger partial charge is 0.254 e. The number of amides is 3. The largest absolute Gasteiger partial charge is 0.508 e. The number of carbonyl (C=O) groups is 4. The van der Waals surface area contributed by atoms with E-state index in [0.717, 1.165) is 0 Å². The topological polar surface area (TPSA) is 121 Å². The minimum Gasteiger partial charge on any atom is -0.508 e. The number of aromatic hydroxyl groups is 1. The molecule has 0 aliphatic carbocycles. The van der Waals surface area contributed by atoms with Gasteiger partial charge in [0.1, 0.15) is 11.8 Å². The predicted octanol–water partition coefficient (Wildman–Crippen LogP) is 1.12. The highest BCUT2D eigenvalue weighted by molar-refractivity contribution is 6.02. The summed E-state index contributed by atoms with van der Waals surface area (Å²) in [5, 5.41) is 9.57. The second-order valence-corrected chi connectivity index (χ2v) is 7.86. The number of nitrogens with zero attached hydrogens (tertiary/aromatic N) is 2. The van der Waals surface area contributed by atoms with Crippen LogP contribution in [-0.2, 0) is 16.0 Å². The summed E-state index contributed by atoms with van der Waals surface area (Å²) in [4.78, 5) is 53.2. The Kier molecular flexibility index (Phi) is 5.46. The van der Waals surface area contributed by atoms with E-state index in [-0.39, 0.29) is 54.3 Å². The molecule has 8 nitrogen and oxygen atoms in total. The summed E-state index contributed by atoms with van der Waals surface area (Å²) >= 11 is 0. The first kappa shape index (κ1) is 20.6. The molecule has 31 heavy (non-hydrogen) atoms. The van der Waals surface area contributed by atoms with Crippen LogP contribution in [0.2, 0.25) is 0 Å². The molecule has 0 radical (unpaired) electrons. The van der Waals surface area contributed by atoms with Crippen molar-refractivity contribution in [3.05, 3.63) is 65.2 Å². The molecular weight excluding hydrogens is 398 g/mol. The minimum absolute atomic E-state index is 0.00335. The van der Waals surface area contributed by atoms with Crippen molar-refractivity contribution in [3.63, 3.8) is 0 Å². The third-order valence-corrected chi connectivity index (χ3v) is 5.99. The fraction of sp³-hybridized carbons (Fsp3) is 0.304. The van der Waals surface area contributed by atoms with Crippen LogP contribution in [-0.4, -0.2) is 63.6 Å². The van der Waals surface area contributed by atoms with Gasteiger partial charge in [0.05, 0.1) is 12.6 Å². The minimum atomic E-state index is -0.680. The van der Waals surface area contributed by atoms with Gasteiger partial charge in [0.15, 0.2) is 5.78 Å². The number of ketones is 1. The molecule has 8 heteroatoms. The molecule has 2 aliphatic heterocycles. The van der Waals surface area contributed by atoms with Crippen molar-refractivity contribution < 1.29 is 24.3 Å². The van der Waals surface area contributed by atoms with E-state index in [4.69, 9.17) is 5.73 Å². The first-order valence-corrected chi connectivity index (χ1v) is 10.2. The van der Waals surface area contributed by atoms with Crippen molar-refractivity contribution in [1.29, 1.82) is 0 Å². The molecule has 0 bridgehead atoms. The molecule has 0 spiro atoms. The van der Waals surface area contributed by atoms with Gasteiger partial charge in [-0.1, -0.05) is 24.3 Å². The summed E-state index contributed by atoms with van der Waals surface area (Å²) in [7, 11) is 0. The van der Waals surface area contributed by atoms with Crippen LogP contribution in [0.25, 0.3) is 0 Å². The molecule has 2 atom stereocenters. The Hall–Kier alpha value is -3.68. The highest BCUT2D eigenvalue weighted by atomic mass is 16.3. The summed E-state index contributed by atoms with van der Waals surface area (Å²) < 4.78 is 0. The van der Waals surface area contributed by atoms with Gasteiger partial charge in [-0.05, 0) is 42.7 Å². The number of carbonyl (C=O) groups excluding carboxylic acids is 4. The molecule has 3 amide bonds. The van der Waals surface area contributed by atoms with E-state index in [1.54, 1.807) is 40.1 Å². The van der Waals surface area contributed by atoms with Gasteiger partial charge in [-0.25, -0.2) is 0 Å². The van der Waals surface area contributed by atoms with Crippen LogP contribution in [0.1, 0.15) is 39.1 Å². The number of primary amides is 1. The Labute approximate surface area is 179 Å². The maximum atomic E-state index is 12.9. The molecule has 2 heterocycles. The van der Waals surface area contributed by atoms with Gasteiger partial charge in [-0.3, -0.25) is 19.2 Å². The van der Waals surface area contributed by atoms with Crippen LogP contribution in [0.4, 0.5) is 0 Å². The Balaban J connectivity index is 1.45. The maximum Gasteiger partial charge on any atom is 0.254 e. The second kappa shape index (κ2) is 8.22. The molecule has 2 saturated heterocycles. The van der Waals surface area contributed by atoms with Crippen molar-refractivity contribution in [2.75, 3.05) is 13.1 Å². The van der Waals surface area contributed by atoms with E-state index in [2.05, 4.69) is 0 Å². The first-order valence-electron chi connectivity index (χ1n) is 10.2. The second-order valence-electron chi connectivity index (χ2n) is 7.86. The van der Waals surface area contributed by atoms with Gasteiger partial charge in [-0.2, -0.15) is 0 Å². The Morgan fingerprint density at radius 3 is 2.52 bits per heavy atom. The molecule has 2 aliphatic rings. The van der Waals surface area contributed by atoms with Gasteiger partial charge < -0.3 is 20.6 Å². The lowest BCUT2D eigenvalue weighted by Crippen LogP contribution is -2.43. The van der Waals surface area contributed by atoms with E-state index >= 15 is 0 Å². The highest BCUT2D eigenvalue weighted by Crippen LogP contribution is 2.31. The lowest BCUT2D eigenvalue weighted by molar-refractivity contribution is -0.136. The normalized spacial score (nSPS) is 20.1. The molecule has 0 saturated carbocycles. The van der Waals surface area contributed by atoms with Gasteiger partial charge in [0.2, 0.25) is 11.8 Å². The van der Waals surface area contributed by atoms with Crippen LogP contribution in [0.15, 0.2) is 48.5 Å². The number of aryl methyl sites for hydroxylation is 1. The molecule has 2 aromatic carbocycles. The summed E-state index contributed by atoms with van der Waals surface area (Å²) in [6.07, 6.45) is 0.896. The molecule has 160 valence electrons. The number of rotatable bonds is 5. The molecule has 2 unspecified atom stereocenters. The predicted molar refractivity (Wildman–Crippen MR) is 111 cm³/mol. The van der Waals surface area contributed by atoms with E-state index < -0.39 is 11.9 Å². The molecule has 2 fully saturated rings. The molecule has 4 rings (SSSR count). The number of nitrogens with two attached hydrogens (primary N) is 1. The average molecular weight is 421 g/mol. The van der Waals surface area contributed by atoms with Crippen molar-refractivity contribution >= 4 is 23.5 Å². The van der Waals surface area contributed by atoms with Gasteiger partial charge in [-0.15, -0.1) is 0 Å². The zero-order valence-corrected chi connectivity index (χ0v) is 16.9. The number of phenolic OH excluding ortho intramolecular Hbond substituents is 1. The maximum absolute atomic E-state index is 12.9. The fourth-order valence-corrected chi connectivity index (χ4v) is 4.52. The summed E-state index contributed by atoms with van der Waals surface area (Å²) in [5.41, 5.74) is 6.62. The van der Waals surface area contributed by atoms with Crippen molar-refractivity contribution in [3.8, 4) is 5.75 Å². The fourth-order valence-electron chi connectivity index (χ4n) is 4.52. The number of hydrogen-bond donors (Lipinski definition) is 2. The Morgan fingerprint density at radius 2 is 1.81 bits per heavy atom. The molecule has 2 aromatic rings. The van der Waals surface area contributed by atoms with E-state index in [1.807, 2.05) is 6.07 Å². The van der Waals surface area contributed by atoms with Crippen LogP contribution in [0, 0.1) is 0 Å². The van der Waals surface area contributed by atoms with Crippen LogP contribution in [0.5, 0.6) is 5.75 Å². The third-order valence-electron chi connectivity index (χ3n) is 5.99. The average Bonchev–Trinajstić information content (AvgIpc) is 3.34. The Bertz CT molecular complexity index is 1050. The lowest BCUT2D eigenvalue weighted by Gasteiger charge is -2.24. The standard InChI is InChI=1S/C23H23N3O5/c24-22(30)17-12-16(27)8-6-14(17)7-9-20(29)25-11-10-18-21(25)19(28)13-26(18)23(31)15-4-2-1-3-5-15/h1-6,8,12,18,21,27H,7,9-11,13H2,(H2,24,30). The summed E-state index contributed by atoms with van der Waals surface area (Å²) in [6, 6.07) is 12.1. The number of benzene rings is 2. The number of likely N-dealkylation sites (tertiary alicyclic amines) is 2. The van der Waals surface area contributed by atoms with Crippen LogP contribution < -0.4 is 5.73 Å². The highest BCUT2D eigenvalue weighted by Gasteiger charge is 2.51. The number of phenols is 1. The number of Topliss-reactive ketones (excluding diaryl/α,β-unsaturated/α-hetero) is 1. The first-order chi connectivity index (χ1) is 14.9. The number of fused-ring (bicyclic) bond motifs is 1. The third kappa shape index (κ3) is 3.88. The molecule has 3 N–H and O–H groups in total. The SMILES string of the molecule is NC(=O)c1cc(O)ccc1CCC(=O)N1CCC2C1C(=O)CN2C(=O)c1ccccc1. The summed E-state index contributed by atoms with van der Waals surface area (Å²) in [6.45, 7) is 0.396. The number of hydrogen-bond acceptors (Lipinski definition) is 5. The van der Waals surface area contributed by atoms with Gasteiger partial charge in [0, 0.05) is 24.1 Å². The van der Waals surface area contributed by atoms with E-state index in [9.17, 15) is 24.3 Å². The molecular formula is C23H23N3O5. The lowest BCUT2D eigenvalue weighted by atomic mass is 10.0. The zero-order valence-electron chi connectivity index (χ0n) is 16.9. The Morgan fingerprint density at radius 1 is 1.06 bits per heavy atom. The molecule has 0 aromatic heterocycles.